The maximum absolute atomic E-state index is 12.8. The number of benzene rings is 3. The first-order valence-electron chi connectivity index (χ1n) is 13.2. The van der Waals surface area contributed by atoms with E-state index in [1.165, 1.54) is 11.8 Å². The van der Waals surface area contributed by atoms with E-state index >= 15 is 0 Å². The number of hydrogen-bond acceptors (Lipinski definition) is 9. The Morgan fingerprint density at radius 1 is 0.833 bits per heavy atom. The van der Waals surface area contributed by atoms with Gasteiger partial charge in [0.2, 0.25) is 5.91 Å². The number of hydrogen-bond donors (Lipinski definition) is 2. The van der Waals surface area contributed by atoms with Crippen molar-refractivity contribution in [1.82, 2.24) is 20.1 Å². The van der Waals surface area contributed by atoms with Crippen LogP contribution in [0.5, 0.6) is 11.5 Å². The second-order valence-electron chi connectivity index (χ2n) is 8.71. The van der Waals surface area contributed by atoms with Gasteiger partial charge >= 0.3 is 5.97 Å². The molecule has 4 aromatic rings. The van der Waals surface area contributed by atoms with Gasteiger partial charge in [-0.2, -0.15) is 0 Å². The van der Waals surface area contributed by atoms with Crippen LogP contribution in [0, 0.1) is 0 Å². The Kier molecular flexibility index (Phi) is 10.5. The number of anilines is 1. The van der Waals surface area contributed by atoms with Crippen LogP contribution in [0.25, 0.3) is 5.69 Å². The van der Waals surface area contributed by atoms with E-state index in [-0.39, 0.29) is 30.7 Å². The molecule has 0 unspecified atom stereocenters. The number of aromatic nitrogens is 3. The van der Waals surface area contributed by atoms with Gasteiger partial charge in [0.05, 0.1) is 38.2 Å². The van der Waals surface area contributed by atoms with Crippen LogP contribution in [-0.2, 0) is 16.1 Å². The summed E-state index contributed by atoms with van der Waals surface area (Å²) < 4.78 is 17.5. The van der Waals surface area contributed by atoms with Crippen molar-refractivity contribution in [2.45, 2.75) is 25.5 Å². The predicted octanol–water partition coefficient (Wildman–Crippen LogP) is 4.51. The molecule has 12 heteroatoms. The van der Waals surface area contributed by atoms with Crippen molar-refractivity contribution in [3.63, 3.8) is 0 Å². The van der Waals surface area contributed by atoms with Gasteiger partial charge in [0.1, 0.15) is 11.5 Å². The highest BCUT2D eigenvalue weighted by Crippen LogP contribution is 2.24. The molecule has 1 heterocycles. The SMILES string of the molecule is CCOC(=O)c1ccc(NC(=O)CSc2nnc(CNC(=O)c3ccc(OC)cc3)n2-c2ccc(OCC)cc2)cc1. The molecule has 0 radical (unpaired) electrons. The molecule has 2 amide bonds. The standard InChI is InChI=1S/C30H31N5O6S/c1-4-40-25-16-12-23(13-17-25)35-26(18-31-28(37)20-8-14-24(39-3)15-9-20)33-34-30(35)42-19-27(36)32-22-10-6-21(7-11-22)29(38)41-5-2/h6-17H,4-5,18-19H2,1-3H3,(H,31,37)(H,32,36). The Hall–Kier alpha value is -4.84. The van der Waals surface area contributed by atoms with Crippen molar-refractivity contribution < 1.29 is 28.6 Å². The van der Waals surface area contributed by atoms with Crippen LogP contribution in [0.1, 0.15) is 40.4 Å². The van der Waals surface area contributed by atoms with Gasteiger partial charge in [-0.1, -0.05) is 11.8 Å². The number of carbonyl (C=O) groups excluding carboxylic acids is 3. The number of esters is 1. The third kappa shape index (κ3) is 7.88. The molecule has 1 aromatic heterocycles. The number of ether oxygens (including phenoxy) is 3. The molecule has 0 bridgehead atoms. The Labute approximate surface area is 247 Å². The predicted molar refractivity (Wildman–Crippen MR) is 158 cm³/mol. The van der Waals surface area contributed by atoms with Crippen molar-refractivity contribution in [3.8, 4) is 17.2 Å². The van der Waals surface area contributed by atoms with Gasteiger partial charge in [0.15, 0.2) is 11.0 Å². The average molecular weight is 590 g/mol. The number of methoxy groups -OCH3 is 1. The summed E-state index contributed by atoms with van der Waals surface area (Å²) in [6, 6.07) is 20.6. The van der Waals surface area contributed by atoms with E-state index < -0.39 is 5.97 Å². The van der Waals surface area contributed by atoms with Gasteiger partial charge in [-0.05, 0) is 86.6 Å². The molecular formula is C30H31N5O6S. The number of carbonyl (C=O) groups is 3. The summed E-state index contributed by atoms with van der Waals surface area (Å²) in [7, 11) is 1.56. The fourth-order valence-electron chi connectivity index (χ4n) is 3.86. The minimum Gasteiger partial charge on any atom is -0.497 e. The van der Waals surface area contributed by atoms with Gasteiger partial charge < -0.3 is 24.8 Å². The number of rotatable bonds is 13. The molecule has 0 atom stereocenters. The van der Waals surface area contributed by atoms with Crippen LogP contribution in [0.4, 0.5) is 5.69 Å². The van der Waals surface area contributed by atoms with E-state index in [1.54, 1.807) is 67.1 Å². The fraction of sp³-hybridized carbons (Fsp3) is 0.233. The largest absolute Gasteiger partial charge is 0.497 e. The van der Waals surface area contributed by atoms with E-state index in [4.69, 9.17) is 14.2 Å². The molecule has 0 spiro atoms. The molecule has 0 aliphatic carbocycles. The van der Waals surface area contributed by atoms with Gasteiger partial charge in [-0.25, -0.2) is 4.79 Å². The zero-order valence-corrected chi connectivity index (χ0v) is 24.3. The van der Waals surface area contributed by atoms with Gasteiger partial charge in [-0.15, -0.1) is 10.2 Å². The van der Waals surface area contributed by atoms with Crippen molar-refractivity contribution in [3.05, 3.63) is 89.7 Å². The van der Waals surface area contributed by atoms with Crippen LogP contribution in [0.15, 0.2) is 78.0 Å². The topological polar surface area (TPSA) is 134 Å². The Morgan fingerprint density at radius 3 is 2.14 bits per heavy atom. The Balaban J connectivity index is 1.46. The summed E-state index contributed by atoms with van der Waals surface area (Å²) in [6.07, 6.45) is 0. The molecule has 3 aromatic carbocycles. The lowest BCUT2D eigenvalue weighted by Crippen LogP contribution is -2.24. The number of nitrogens with one attached hydrogen (secondary N) is 2. The Bertz CT molecular complexity index is 1500. The van der Waals surface area contributed by atoms with Gasteiger partial charge in [0, 0.05) is 16.9 Å². The number of nitrogens with zero attached hydrogens (tertiary/aromatic N) is 3. The maximum atomic E-state index is 12.8. The van der Waals surface area contributed by atoms with Gasteiger partial charge in [-0.3, -0.25) is 14.2 Å². The highest BCUT2D eigenvalue weighted by molar-refractivity contribution is 7.99. The molecule has 218 valence electrons. The molecule has 42 heavy (non-hydrogen) atoms. The molecule has 11 nitrogen and oxygen atoms in total. The highest BCUT2D eigenvalue weighted by Gasteiger charge is 2.18. The summed E-state index contributed by atoms with van der Waals surface area (Å²) in [5.74, 6) is 0.940. The first kappa shape index (κ1) is 30.1. The Morgan fingerprint density at radius 2 is 1.50 bits per heavy atom. The maximum Gasteiger partial charge on any atom is 0.338 e. The summed E-state index contributed by atoms with van der Waals surface area (Å²) >= 11 is 1.20. The summed E-state index contributed by atoms with van der Waals surface area (Å²) in [5, 5.41) is 14.8. The minimum absolute atomic E-state index is 0.0486. The number of thioether (sulfide) groups is 1. The zero-order chi connectivity index (χ0) is 29.9. The van der Waals surface area contributed by atoms with Crippen LogP contribution >= 0.6 is 11.8 Å². The fourth-order valence-corrected chi connectivity index (χ4v) is 4.63. The lowest BCUT2D eigenvalue weighted by Gasteiger charge is -2.12. The van der Waals surface area contributed by atoms with Crippen LogP contribution in [-0.4, -0.2) is 58.6 Å². The monoisotopic (exact) mass is 589 g/mol. The molecular weight excluding hydrogens is 558 g/mol. The van der Waals surface area contributed by atoms with Gasteiger partial charge in [0.25, 0.3) is 5.91 Å². The first-order valence-corrected chi connectivity index (χ1v) is 14.2. The summed E-state index contributed by atoms with van der Waals surface area (Å²) in [6.45, 7) is 4.57. The van der Waals surface area contributed by atoms with E-state index in [0.717, 1.165) is 5.69 Å². The van der Waals surface area contributed by atoms with E-state index in [9.17, 15) is 14.4 Å². The normalized spacial score (nSPS) is 10.5. The summed E-state index contributed by atoms with van der Waals surface area (Å²) in [4.78, 5) is 37.3. The second-order valence-corrected chi connectivity index (χ2v) is 9.65. The lowest BCUT2D eigenvalue weighted by atomic mass is 10.2. The van der Waals surface area contributed by atoms with E-state index in [0.29, 0.717) is 45.9 Å². The third-order valence-electron chi connectivity index (χ3n) is 5.88. The molecule has 4 rings (SSSR count). The molecule has 0 fully saturated rings. The zero-order valence-electron chi connectivity index (χ0n) is 23.5. The highest BCUT2D eigenvalue weighted by atomic mass is 32.2. The van der Waals surface area contributed by atoms with Crippen LogP contribution in [0.2, 0.25) is 0 Å². The van der Waals surface area contributed by atoms with Crippen molar-refractivity contribution in [2.75, 3.05) is 31.4 Å². The molecule has 0 saturated heterocycles. The van der Waals surface area contributed by atoms with Crippen molar-refractivity contribution in [1.29, 1.82) is 0 Å². The average Bonchev–Trinajstić information content (AvgIpc) is 3.42. The molecule has 0 aliphatic rings. The van der Waals surface area contributed by atoms with Crippen molar-refractivity contribution >= 4 is 35.2 Å². The molecule has 0 saturated carbocycles. The number of amides is 2. The quantitative estimate of drug-likeness (QED) is 0.171. The van der Waals surface area contributed by atoms with Crippen LogP contribution in [0.3, 0.4) is 0 Å². The van der Waals surface area contributed by atoms with E-state index in [2.05, 4.69) is 20.8 Å². The first-order chi connectivity index (χ1) is 20.4. The molecule has 2 N–H and O–H groups in total. The minimum atomic E-state index is -0.421. The third-order valence-corrected chi connectivity index (χ3v) is 6.81. The lowest BCUT2D eigenvalue weighted by molar-refractivity contribution is -0.113. The van der Waals surface area contributed by atoms with Crippen molar-refractivity contribution in [2.24, 2.45) is 0 Å². The smallest absolute Gasteiger partial charge is 0.338 e. The van der Waals surface area contributed by atoms with Crippen LogP contribution < -0.4 is 20.1 Å². The second kappa shape index (κ2) is 14.7. The molecule has 0 aliphatic heterocycles. The van der Waals surface area contributed by atoms with E-state index in [1.807, 2.05) is 31.2 Å². The summed E-state index contributed by atoms with van der Waals surface area (Å²) in [5.41, 5.74) is 2.17.